The number of halogens is 1. The molecule has 2 heterocycles. The van der Waals surface area contributed by atoms with Gasteiger partial charge < -0.3 is 14.6 Å². The standard InChI is InChI=1S/C17H17FN4O3/c1-3-24-10(2)16-21-15(25-22-16)9-20-17(23)12-6-11-7-13(18)4-5-14(11)19-8-12/h4-8,10H,3,9H2,1-2H3,(H,20,23)/t10-/m0/s1. The molecule has 0 fully saturated rings. The Balaban J connectivity index is 1.66. The van der Waals surface area contributed by atoms with Gasteiger partial charge in [-0.2, -0.15) is 4.98 Å². The average molecular weight is 344 g/mol. The fourth-order valence-corrected chi connectivity index (χ4v) is 2.31. The first kappa shape index (κ1) is 17.0. The van der Waals surface area contributed by atoms with E-state index in [0.29, 0.717) is 28.9 Å². The number of hydrogen-bond donors (Lipinski definition) is 1. The molecule has 0 bridgehead atoms. The van der Waals surface area contributed by atoms with Gasteiger partial charge in [-0.25, -0.2) is 4.39 Å². The molecule has 1 amide bonds. The summed E-state index contributed by atoms with van der Waals surface area (Å²) in [6.07, 6.45) is 1.16. The van der Waals surface area contributed by atoms with Crippen molar-refractivity contribution in [3.05, 3.63) is 53.6 Å². The van der Waals surface area contributed by atoms with Gasteiger partial charge >= 0.3 is 0 Å². The van der Waals surface area contributed by atoms with Crippen LogP contribution >= 0.6 is 0 Å². The predicted octanol–water partition coefficient (Wildman–Crippen LogP) is 2.78. The van der Waals surface area contributed by atoms with Crippen LogP contribution in [0.5, 0.6) is 0 Å². The summed E-state index contributed by atoms with van der Waals surface area (Å²) in [5.41, 5.74) is 0.935. The number of nitrogens with zero attached hydrogens (tertiary/aromatic N) is 3. The molecule has 3 rings (SSSR count). The average Bonchev–Trinajstić information content (AvgIpc) is 3.08. The molecule has 3 aromatic rings. The van der Waals surface area contributed by atoms with E-state index in [0.717, 1.165) is 0 Å². The quantitative estimate of drug-likeness (QED) is 0.739. The molecule has 7 nitrogen and oxygen atoms in total. The number of amides is 1. The lowest BCUT2D eigenvalue weighted by molar-refractivity contribution is 0.0683. The molecule has 25 heavy (non-hydrogen) atoms. The zero-order chi connectivity index (χ0) is 17.8. The fourth-order valence-electron chi connectivity index (χ4n) is 2.31. The van der Waals surface area contributed by atoms with Crippen molar-refractivity contribution in [1.82, 2.24) is 20.4 Å². The molecule has 0 aliphatic heterocycles. The highest BCUT2D eigenvalue weighted by Gasteiger charge is 2.15. The first-order valence-electron chi connectivity index (χ1n) is 7.84. The summed E-state index contributed by atoms with van der Waals surface area (Å²) in [4.78, 5) is 20.6. The molecular formula is C17H17FN4O3. The van der Waals surface area contributed by atoms with Gasteiger partial charge in [0.15, 0.2) is 5.82 Å². The van der Waals surface area contributed by atoms with Crippen LogP contribution < -0.4 is 5.32 Å². The Morgan fingerprint density at radius 3 is 3.04 bits per heavy atom. The monoisotopic (exact) mass is 344 g/mol. The molecule has 1 aromatic carbocycles. The summed E-state index contributed by atoms with van der Waals surface area (Å²) in [5, 5.41) is 7.04. The Kier molecular flexibility index (Phi) is 4.99. The van der Waals surface area contributed by atoms with Crippen molar-refractivity contribution in [2.45, 2.75) is 26.5 Å². The molecule has 2 aromatic heterocycles. The second-order valence-electron chi connectivity index (χ2n) is 5.39. The molecule has 0 unspecified atom stereocenters. The van der Waals surface area contributed by atoms with Crippen molar-refractivity contribution >= 4 is 16.8 Å². The minimum atomic E-state index is -0.381. The van der Waals surface area contributed by atoms with E-state index in [9.17, 15) is 9.18 Å². The second-order valence-corrected chi connectivity index (χ2v) is 5.39. The maximum absolute atomic E-state index is 13.3. The van der Waals surface area contributed by atoms with Crippen molar-refractivity contribution in [2.75, 3.05) is 6.61 Å². The van der Waals surface area contributed by atoms with Crippen LogP contribution in [0.1, 0.15) is 42.0 Å². The van der Waals surface area contributed by atoms with E-state index >= 15 is 0 Å². The van der Waals surface area contributed by atoms with Gasteiger partial charge in [0, 0.05) is 18.2 Å². The summed E-state index contributed by atoms with van der Waals surface area (Å²) in [7, 11) is 0. The Hall–Kier alpha value is -2.87. The van der Waals surface area contributed by atoms with Crippen LogP contribution in [0, 0.1) is 5.82 Å². The van der Waals surface area contributed by atoms with Crippen molar-refractivity contribution in [2.24, 2.45) is 0 Å². The van der Waals surface area contributed by atoms with Crippen molar-refractivity contribution in [3.8, 4) is 0 Å². The van der Waals surface area contributed by atoms with E-state index in [1.54, 1.807) is 12.1 Å². The summed E-state index contributed by atoms with van der Waals surface area (Å²) in [6, 6.07) is 5.80. The summed E-state index contributed by atoms with van der Waals surface area (Å²) in [6.45, 7) is 4.31. The first-order valence-corrected chi connectivity index (χ1v) is 7.84. The van der Waals surface area contributed by atoms with Gasteiger partial charge in [0.2, 0.25) is 5.89 Å². The molecule has 0 spiro atoms. The highest BCUT2D eigenvalue weighted by atomic mass is 19.1. The Morgan fingerprint density at radius 1 is 1.40 bits per heavy atom. The van der Waals surface area contributed by atoms with Gasteiger partial charge in [0.25, 0.3) is 5.91 Å². The number of aromatic nitrogens is 3. The van der Waals surface area contributed by atoms with Crippen LogP contribution in [0.25, 0.3) is 10.9 Å². The molecule has 0 aliphatic rings. The van der Waals surface area contributed by atoms with E-state index in [-0.39, 0.29) is 30.3 Å². The third-order valence-corrected chi connectivity index (χ3v) is 3.57. The number of fused-ring (bicyclic) bond motifs is 1. The Labute approximate surface area is 143 Å². The SMILES string of the molecule is CCO[C@@H](C)c1noc(CNC(=O)c2cnc3ccc(F)cc3c2)n1. The number of rotatable bonds is 6. The molecule has 1 atom stereocenters. The molecule has 0 aliphatic carbocycles. The Bertz CT molecular complexity index is 896. The molecule has 0 saturated heterocycles. The largest absolute Gasteiger partial charge is 0.371 e. The summed E-state index contributed by atoms with van der Waals surface area (Å²) in [5.74, 6) is -0.0476. The van der Waals surface area contributed by atoms with Crippen LogP contribution in [0.2, 0.25) is 0 Å². The van der Waals surface area contributed by atoms with E-state index in [1.165, 1.54) is 18.3 Å². The number of ether oxygens (including phenoxy) is 1. The van der Waals surface area contributed by atoms with Crippen molar-refractivity contribution in [1.29, 1.82) is 0 Å². The minimum absolute atomic E-state index is 0.0753. The van der Waals surface area contributed by atoms with Crippen LogP contribution in [0.15, 0.2) is 35.0 Å². The van der Waals surface area contributed by atoms with Crippen LogP contribution in [0.3, 0.4) is 0 Å². The smallest absolute Gasteiger partial charge is 0.253 e. The van der Waals surface area contributed by atoms with Crippen LogP contribution in [-0.2, 0) is 11.3 Å². The number of carbonyl (C=O) groups excluding carboxylic acids is 1. The molecule has 8 heteroatoms. The Morgan fingerprint density at radius 2 is 2.24 bits per heavy atom. The number of pyridine rings is 1. The number of nitrogens with one attached hydrogen (secondary N) is 1. The number of carbonyl (C=O) groups is 1. The van der Waals surface area contributed by atoms with Gasteiger partial charge in [-0.1, -0.05) is 5.16 Å². The second kappa shape index (κ2) is 7.35. The number of hydrogen-bond acceptors (Lipinski definition) is 6. The summed E-state index contributed by atoms with van der Waals surface area (Å²) < 4.78 is 23.8. The lowest BCUT2D eigenvalue weighted by Crippen LogP contribution is -2.23. The van der Waals surface area contributed by atoms with E-state index < -0.39 is 0 Å². The third-order valence-electron chi connectivity index (χ3n) is 3.57. The van der Waals surface area contributed by atoms with Crippen LogP contribution in [0.4, 0.5) is 4.39 Å². The molecule has 0 radical (unpaired) electrons. The van der Waals surface area contributed by atoms with Crippen molar-refractivity contribution in [3.63, 3.8) is 0 Å². The summed E-state index contributed by atoms with van der Waals surface area (Å²) >= 11 is 0. The zero-order valence-corrected chi connectivity index (χ0v) is 13.8. The lowest BCUT2D eigenvalue weighted by atomic mass is 10.1. The van der Waals surface area contributed by atoms with Gasteiger partial charge in [0.1, 0.15) is 11.9 Å². The highest BCUT2D eigenvalue weighted by molar-refractivity contribution is 5.97. The molecule has 0 saturated carbocycles. The molecule has 1 N–H and O–H groups in total. The van der Waals surface area contributed by atoms with Crippen molar-refractivity contribution < 1.29 is 18.4 Å². The van der Waals surface area contributed by atoms with E-state index in [2.05, 4.69) is 20.4 Å². The van der Waals surface area contributed by atoms with E-state index in [4.69, 9.17) is 9.26 Å². The number of benzene rings is 1. The van der Waals surface area contributed by atoms with Gasteiger partial charge in [-0.05, 0) is 38.1 Å². The molecular weight excluding hydrogens is 327 g/mol. The minimum Gasteiger partial charge on any atom is -0.371 e. The normalized spacial score (nSPS) is 12.3. The predicted molar refractivity (Wildman–Crippen MR) is 87.2 cm³/mol. The highest BCUT2D eigenvalue weighted by Crippen LogP contribution is 2.15. The van der Waals surface area contributed by atoms with Gasteiger partial charge in [-0.3, -0.25) is 9.78 Å². The lowest BCUT2D eigenvalue weighted by Gasteiger charge is -2.05. The maximum Gasteiger partial charge on any atom is 0.253 e. The zero-order valence-electron chi connectivity index (χ0n) is 13.8. The molecule has 130 valence electrons. The topological polar surface area (TPSA) is 90.1 Å². The first-order chi connectivity index (χ1) is 12.1. The third kappa shape index (κ3) is 3.97. The van der Waals surface area contributed by atoms with Gasteiger partial charge in [0.05, 0.1) is 17.6 Å². The van der Waals surface area contributed by atoms with E-state index in [1.807, 2.05) is 13.8 Å². The maximum atomic E-state index is 13.3. The van der Waals surface area contributed by atoms with Crippen LogP contribution in [-0.4, -0.2) is 27.6 Å². The fraction of sp³-hybridized carbons (Fsp3) is 0.294. The van der Waals surface area contributed by atoms with Gasteiger partial charge in [-0.15, -0.1) is 0 Å².